The first kappa shape index (κ1) is 13.7. The molecule has 0 unspecified atom stereocenters. The molecule has 0 saturated carbocycles. The lowest BCUT2D eigenvalue weighted by Gasteiger charge is -1.97. The second-order valence-corrected chi connectivity index (χ2v) is 4.44. The minimum atomic E-state index is 0.494. The van der Waals surface area contributed by atoms with E-state index in [0.29, 0.717) is 18.3 Å². The summed E-state index contributed by atoms with van der Waals surface area (Å²) in [7, 11) is 0. The summed E-state index contributed by atoms with van der Waals surface area (Å²) < 4.78 is 6.85. The third kappa shape index (κ3) is 4.13. The van der Waals surface area contributed by atoms with Gasteiger partial charge in [-0.15, -0.1) is 5.10 Å². The fraction of sp³-hybridized carbons (Fsp3) is 0.667. The zero-order chi connectivity index (χ0) is 13.5. The van der Waals surface area contributed by atoms with Gasteiger partial charge in [0.05, 0.1) is 11.9 Å². The maximum absolute atomic E-state index is 5.13. The van der Waals surface area contributed by atoms with Crippen molar-refractivity contribution in [2.45, 2.75) is 46.2 Å². The lowest BCUT2D eigenvalue weighted by molar-refractivity contribution is 0.370. The molecule has 7 heteroatoms. The van der Waals surface area contributed by atoms with Crippen molar-refractivity contribution in [1.82, 2.24) is 30.5 Å². The molecule has 0 aliphatic heterocycles. The lowest BCUT2D eigenvalue weighted by atomic mass is 10.3. The Labute approximate surface area is 112 Å². The monoisotopic (exact) mass is 264 g/mol. The molecule has 2 heterocycles. The van der Waals surface area contributed by atoms with Crippen molar-refractivity contribution < 1.29 is 4.52 Å². The van der Waals surface area contributed by atoms with E-state index in [-0.39, 0.29) is 0 Å². The number of aromatic nitrogens is 5. The van der Waals surface area contributed by atoms with E-state index in [1.807, 2.05) is 6.20 Å². The van der Waals surface area contributed by atoms with Crippen LogP contribution in [-0.2, 0) is 19.5 Å². The van der Waals surface area contributed by atoms with Crippen LogP contribution in [-0.4, -0.2) is 31.7 Å². The Morgan fingerprint density at radius 1 is 1.32 bits per heavy atom. The zero-order valence-corrected chi connectivity index (χ0v) is 11.5. The highest BCUT2D eigenvalue weighted by atomic mass is 16.5. The van der Waals surface area contributed by atoms with E-state index in [9.17, 15) is 0 Å². The molecule has 104 valence electrons. The van der Waals surface area contributed by atoms with E-state index < -0.39 is 0 Å². The van der Waals surface area contributed by atoms with E-state index in [2.05, 4.69) is 39.6 Å². The van der Waals surface area contributed by atoms with Crippen LogP contribution >= 0.6 is 0 Å². The van der Waals surface area contributed by atoms with Gasteiger partial charge in [0, 0.05) is 13.0 Å². The van der Waals surface area contributed by atoms with E-state index in [1.165, 1.54) is 0 Å². The van der Waals surface area contributed by atoms with Crippen molar-refractivity contribution in [3.05, 3.63) is 23.6 Å². The summed E-state index contributed by atoms with van der Waals surface area (Å²) >= 11 is 0. The van der Waals surface area contributed by atoms with Gasteiger partial charge in [0.1, 0.15) is 6.54 Å². The van der Waals surface area contributed by atoms with Gasteiger partial charge in [0.25, 0.3) is 0 Å². The molecule has 2 aromatic rings. The van der Waals surface area contributed by atoms with Crippen molar-refractivity contribution in [3.8, 4) is 0 Å². The fourth-order valence-electron chi connectivity index (χ4n) is 1.70. The summed E-state index contributed by atoms with van der Waals surface area (Å²) in [4.78, 5) is 4.30. The molecule has 1 N–H and O–H groups in total. The Morgan fingerprint density at radius 3 is 3.00 bits per heavy atom. The molecule has 0 amide bonds. The summed E-state index contributed by atoms with van der Waals surface area (Å²) in [5.74, 6) is 1.32. The average molecular weight is 264 g/mol. The molecule has 0 fully saturated rings. The highest BCUT2D eigenvalue weighted by Crippen LogP contribution is 2.02. The minimum absolute atomic E-state index is 0.494. The first-order chi connectivity index (χ1) is 9.31. The van der Waals surface area contributed by atoms with Gasteiger partial charge in [-0.2, -0.15) is 4.98 Å². The zero-order valence-electron chi connectivity index (χ0n) is 11.5. The van der Waals surface area contributed by atoms with Crippen molar-refractivity contribution in [3.63, 3.8) is 0 Å². The van der Waals surface area contributed by atoms with Gasteiger partial charge in [0.15, 0.2) is 5.82 Å². The van der Waals surface area contributed by atoms with Gasteiger partial charge in [-0.25, -0.2) is 4.68 Å². The topological polar surface area (TPSA) is 81.7 Å². The Morgan fingerprint density at radius 2 is 2.21 bits per heavy atom. The predicted octanol–water partition coefficient (Wildman–Crippen LogP) is 1.16. The Kier molecular flexibility index (Phi) is 5.02. The molecular formula is C12H20N6O. The highest BCUT2D eigenvalue weighted by Gasteiger charge is 2.07. The third-order valence-electron chi connectivity index (χ3n) is 2.60. The molecule has 7 nitrogen and oxygen atoms in total. The molecule has 0 aliphatic rings. The average Bonchev–Trinajstić information content (AvgIpc) is 3.01. The molecule has 0 saturated heterocycles. The van der Waals surface area contributed by atoms with Crippen LogP contribution in [0.3, 0.4) is 0 Å². The molecule has 0 radical (unpaired) electrons. The van der Waals surface area contributed by atoms with E-state index in [0.717, 1.165) is 38.0 Å². The molecular weight excluding hydrogens is 244 g/mol. The second-order valence-electron chi connectivity index (χ2n) is 4.44. The van der Waals surface area contributed by atoms with Crippen molar-refractivity contribution >= 4 is 0 Å². The Balaban J connectivity index is 1.87. The third-order valence-corrected chi connectivity index (χ3v) is 2.60. The normalized spacial score (nSPS) is 11.1. The Bertz CT molecular complexity index is 492. The van der Waals surface area contributed by atoms with Gasteiger partial charge < -0.3 is 9.84 Å². The predicted molar refractivity (Wildman–Crippen MR) is 69.4 cm³/mol. The van der Waals surface area contributed by atoms with Crippen LogP contribution in [0.2, 0.25) is 0 Å². The standard InChI is InChI=1S/C12H20N6O/c1-3-5-12-14-11(16-19-12)9-18-8-10(15-17-18)7-13-6-4-2/h8,13H,3-7,9H2,1-2H3. The quantitative estimate of drug-likeness (QED) is 0.720. The number of rotatable bonds is 8. The largest absolute Gasteiger partial charge is 0.339 e. The number of aryl methyl sites for hydroxylation is 1. The summed E-state index contributed by atoms with van der Waals surface area (Å²) in [6.45, 7) is 6.43. The van der Waals surface area contributed by atoms with E-state index >= 15 is 0 Å². The molecule has 0 aromatic carbocycles. The van der Waals surface area contributed by atoms with Crippen LogP contribution in [0.5, 0.6) is 0 Å². The summed E-state index contributed by atoms with van der Waals surface area (Å²) in [6, 6.07) is 0. The number of nitrogens with zero attached hydrogens (tertiary/aromatic N) is 5. The molecule has 2 aromatic heterocycles. The molecule has 0 aliphatic carbocycles. The molecule has 0 atom stereocenters. The van der Waals surface area contributed by atoms with Crippen LogP contribution in [0.4, 0.5) is 0 Å². The molecule has 2 rings (SSSR count). The van der Waals surface area contributed by atoms with E-state index in [4.69, 9.17) is 4.52 Å². The molecule has 0 spiro atoms. The molecule has 19 heavy (non-hydrogen) atoms. The fourth-order valence-corrected chi connectivity index (χ4v) is 1.70. The van der Waals surface area contributed by atoms with Crippen molar-refractivity contribution in [2.75, 3.05) is 6.54 Å². The van der Waals surface area contributed by atoms with Crippen LogP contribution < -0.4 is 5.32 Å². The first-order valence-electron chi connectivity index (χ1n) is 6.73. The smallest absolute Gasteiger partial charge is 0.226 e. The minimum Gasteiger partial charge on any atom is -0.339 e. The highest BCUT2D eigenvalue weighted by molar-refractivity contribution is 4.94. The van der Waals surface area contributed by atoms with Crippen LogP contribution in [0.25, 0.3) is 0 Å². The summed E-state index contributed by atoms with van der Waals surface area (Å²) in [5.41, 5.74) is 0.922. The SMILES string of the molecule is CCCNCc1cn(Cc2noc(CCC)n2)nn1. The van der Waals surface area contributed by atoms with Crippen molar-refractivity contribution in [1.29, 1.82) is 0 Å². The second kappa shape index (κ2) is 6.98. The van der Waals surface area contributed by atoms with Crippen LogP contribution in [0.1, 0.15) is 44.1 Å². The maximum atomic E-state index is 5.13. The summed E-state index contributed by atoms with van der Waals surface area (Å²) in [5, 5.41) is 15.4. The number of hydrogen-bond acceptors (Lipinski definition) is 6. The summed E-state index contributed by atoms with van der Waals surface area (Å²) in [6.07, 6.45) is 4.82. The molecule has 0 bridgehead atoms. The van der Waals surface area contributed by atoms with Crippen molar-refractivity contribution in [2.24, 2.45) is 0 Å². The number of hydrogen-bond donors (Lipinski definition) is 1. The van der Waals surface area contributed by atoms with Gasteiger partial charge in [-0.05, 0) is 19.4 Å². The Hall–Kier alpha value is -1.76. The first-order valence-corrected chi connectivity index (χ1v) is 6.73. The van der Waals surface area contributed by atoms with Gasteiger partial charge in [-0.3, -0.25) is 0 Å². The van der Waals surface area contributed by atoms with Gasteiger partial charge >= 0.3 is 0 Å². The maximum Gasteiger partial charge on any atom is 0.226 e. The van der Waals surface area contributed by atoms with Crippen LogP contribution in [0, 0.1) is 0 Å². The van der Waals surface area contributed by atoms with Gasteiger partial charge in [0.2, 0.25) is 5.89 Å². The van der Waals surface area contributed by atoms with Gasteiger partial charge in [-0.1, -0.05) is 24.2 Å². The van der Waals surface area contributed by atoms with E-state index in [1.54, 1.807) is 4.68 Å². The lowest BCUT2D eigenvalue weighted by Crippen LogP contribution is -2.13. The van der Waals surface area contributed by atoms with Crippen LogP contribution in [0.15, 0.2) is 10.7 Å². The number of nitrogens with one attached hydrogen (secondary N) is 1.